The van der Waals surface area contributed by atoms with Gasteiger partial charge in [0.1, 0.15) is 11.8 Å². The average molecular weight is 407 g/mol. The molecular formula is C22H21N3O5. The molecule has 1 aromatic heterocycles. The Morgan fingerprint density at radius 3 is 2.37 bits per heavy atom. The molecule has 1 atom stereocenters. The van der Waals surface area contributed by atoms with E-state index in [1.165, 1.54) is 13.1 Å². The van der Waals surface area contributed by atoms with Gasteiger partial charge in [0.15, 0.2) is 0 Å². The minimum absolute atomic E-state index is 0.0767. The number of para-hydroxylation sites is 1. The smallest absolute Gasteiger partial charge is 0.326 e. The van der Waals surface area contributed by atoms with Crippen molar-refractivity contribution < 1.29 is 24.2 Å². The van der Waals surface area contributed by atoms with Crippen molar-refractivity contribution in [1.82, 2.24) is 15.1 Å². The monoisotopic (exact) mass is 407 g/mol. The van der Waals surface area contributed by atoms with E-state index in [0.29, 0.717) is 22.6 Å². The molecule has 1 amide bonds. The van der Waals surface area contributed by atoms with Crippen LogP contribution in [0.25, 0.3) is 5.69 Å². The summed E-state index contributed by atoms with van der Waals surface area (Å²) in [7, 11) is 0. The second kappa shape index (κ2) is 9.04. The fourth-order valence-corrected chi connectivity index (χ4v) is 2.99. The Labute approximate surface area is 173 Å². The minimum atomic E-state index is -1.15. The first kappa shape index (κ1) is 20.8. The normalized spacial score (nSPS) is 11.5. The number of carbonyl (C=O) groups excluding carboxylic acids is 2. The van der Waals surface area contributed by atoms with Crippen LogP contribution in [0.4, 0.5) is 0 Å². The van der Waals surface area contributed by atoms with Gasteiger partial charge >= 0.3 is 11.9 Å². The number of aliphatic carboxylic acids is 1. The van der Waals surface area contributed by atoms with Gasteiger partial charge in [0.05, 0.1) is 23.1 Å². The van der Waals surface area contributed by atoms with E-state index in [1.54, 1.807) is 35.9 Å². The summed E-state index contributed by atoms with van der Waals surface area (Å²) in [5.74, 6) is -1.74. The van der Waals surface area contributed by atoms with Crippen molar-refractivity contribution in [3.05, 3.63) is 77.6 Å². The lowest BCUT2D eigenvalue weighted by Gasteiger charge is -2.15. The summed E-state index contributed by atoms with van der Waals surface area (Å²) in [5, 5.41) is 16.4. The molecule has 3 aromatic rings. The molecule has 2 aromatic carbocycles. The van der Waals surface area contributed by atoms with Gasteiger partial charge in [-0.15, -0.1) is 0 Å². The predicted molar refractivity (Wildman–Crippen MR) is 109 cm³/mol. The maximum absolute atomic E-state index is 12.7. The number of aromatic nitrogens is 2. The van der Waals surface area contributed by atoms with Crippen LogP contribution in [0.15, 0.2) is 60.8 Å². The minimum Gasteiger partial charge on any atom is -0.480 e. The van der Waals surface area contributed by atoms with Gasteiger partial charge in [0.25, 0.3) is 5.91 Å². The molecule has 0 fully saturated rings. The molecule has 0 bridgehead atoms. The van der Waals surface area contributed by atoms with Gasteiger partial charge in [-0.3, -0.25) is 9.59 Å². The number of hydrogen-bond acceptors (Lipinski definition) is 5. The third kappa shape index (κ3) is 4.91. The Morgan fingerprint density at radius 2 is 1.77 bits per heavy atom. The van der Waals surface area contributed by atoms with Gasteiger partial charge in [-0.05, 0) is 36.8 Å². The lowest BCUT2D eigenvalue weighted by molar-refractivity contribution is -0.139. The first-order valence-electron chi connectivity index (χ1n) is 9.26. The molecule has 0 saturated heterocycles. The SMILES string of the molecule is CC(=O)Oc1ccc(CC(NC(=O)c2cnn(-c3ccccc3)c2C)C(=O)O)cc1. The topological polar surface area (TPSA) is 111 Å². The Balaban J connectivity index is 1.73. The number of carboxylic acid groups (broad SMARTS) is 1. The fourth-order valence-electron chi connectivity index (χ4n) is 2.99. The number of carboxylic acids is 1. The van der Waals surface area contributed by atoms with E-state index in [9.17, 15) is 19.5 Å². The van der Waals surface area contributed by atoms with E-state index >= 15 is 0 Å². The van der Waals surface area contributed by atoms with Crippen molar-refractivity contribution in [2.45, 2.75) is 26.3 Å². The van der Waals surface area contributed by atoms with Crippen molar-refractivity contribution >= 4 is 17.8 Å². The molecule has 0 spiro atoms. The lowest BCUT2D eigenvalue weighted by Crippen LogP contribution is -2.42. The average Bonchev–Trinajstić information content (AvgIpc) is 3.10. The summed E-state index contributed by atoms with van der Waals surface area (Å²) in [6, 6.07) is 14.7. The molecular weight excluding hydrogens is 386 g/mol. The largest absolute Gasteiger partial charge is 0.480 e. The Hall–Kier alpha value is -3.94. The summed E-state index contributed by atoms with van der Waals surface area (Å²) >= 11 is 0. The van der Waals surface area contributed by atoms with Gasteiger partial charge in [0, 0.05) is 13.3 Å². The van der Waals surface area contributed by atoms with Gasteiger partial charge in [-0.2, -0.15) is 5.10 Å². The van der Waals surface area contributed by atoms with Crippen molar-refractivity contribution in [3.8, 4) is 11.4 Å². The zero-order valence-corrected chi connectivity index (χ0v) is 16.5. The van der Waals surface area contributed by atoms with E-state index in [-0.39, 0.29) is 6.42 Å². The maximum Gasteiger partial charge on any atom is 0.326 e. The third-order valence-corrected chi connectivity index (χ3v) is 4.48. The van der Waals surface area contributed by atoms with Crippen LogP contribution in [0.2, 0.25) is 0 Å². The van der Waals surface area contributed by atoms with Crippen LogP contribution in [0, 0.1) is 6.92 Å². The molecule has 3 rings (SSSR count). The van der Waals surface area contributed by atoms with Gasteiger partial charge in [-0.1, -0.05) is 30.3 Å². The number of benzene rings is 2. The fraction of sp³-hybridized carbons (Fsp3) is 0.182. The molecule has 8 heteroatoms. The quantitative estimate of drug-likeness (QED) is 0.460. The molecule has 154 valence electrons. The van der Waals surface area contributed by atoms with Gasteiger partial charge in [0.2, 0.25) is 0 Å². The van der Waals surface area contributed by atoms with Crippen molar-refractivity contribution in [3.63, 3.8) is 0 Å². The van der Waals surface area contributed by atoms with Crippen molar-refractivity contribution in [1.29, 1.82) is 0 Å². The molecule has 1 heterocycles. The molecule has 0 radical (unpaired) electrons. The van der Waals surface area contributed by atoms with Crippen LogP contribution >= 0.6 is 0 Å². The number of hydrogen-bond donors (Lipinski definition) is 2. The summed E-state index contributed by atoms with van der Waals surface area (Å²) in [6.07, 6.45) is 1.50. The highest BCUT2D eigenvalue weighted by Crippen LogP contribution is 2.16. The number of nitrogens with one attached hydrogen (secondary N) is 1. The Kier molecular flexibility index (Phi) is 6.26. The second-order valence-electron chi connectivity index (χ2n) is 6.70. The van der Waals surface area contributed by atoms with Crippen LogP contribution in [0.5, 0.6) is 5.75 Å². The van der Waals surface area contributed by atoms with Gasteiger partial charge in [-0.25, -0.2) is 9.48 Å². The highest BCUT2D eigenvalue weighted by atomic mass is 16.5. The zero-order chi connectivity index (χ0) is 21.7. The summed E-state index contributed by atoms with van der Waals surface area (Å²) < 4.78 is 6.59. The molecule has 1 unspecified atom stereocenters. The van der Waals surface area contributed by atoms with Crippen molar-refractivity contribution in [2.75, 3.05) is 0 Å². The van der Waals surface area contributed by atoms with E-state index in [0.717, 1.165) is 5.69 Å². The highest BCUT2D eigenvalue weighted by molar-refractivity contribution is 5.97. The second-order valence-corrected chi connectivity index (χ2v) is 6.70. The molecule has 0 aliphatic carbocycles. The molecule has 0 aliphatic rings. The number of amides is 1. The van der Waals surface area contributed by atoms with Crippen LogP contribution in [0.1, 0.15) is 28.5 Å². The molecule has 8 nitrogen and oxygen atoms in total. The third-order valence-electron chi connectivity index (χ3n) is 4.48. The lowest BCUT2D eigenvalue weighted by atomic mass is 10.1. The number of ether oxygens (including phenoxy) is 1. The van der Waals surface area contributed by atoms with E-state index in [2.05, 4.69) is 10.4 Å². The first-order chi connectivity index (χ1) is 14.3. The molecule has 30 heavy (non-hydrogen) atoms. The Bertz CT molecular complexity index is 1060. The maximum atomic E-state index is 12.7. The molecule has 0 saturated carbocycles. The number of carbonyl (C=O) groups is 3. The Morgan fingerprint density at radius 1 is 1.10 bits per heavy atom. The zero-order valence-electron chi connectivity index (χ0n) is 16.5. The predicted octanol–water partition coefficient (Wildman–Crippen LogP) is 2.53. The number of rotatable bonds is 7. The molecule has 0 aliphatic heterocycles. The molecule has 2 N–H and O–H groups in total. The number of nitrogens with zero attached hydrogens (tertiary/aromatic N) is 2. The van der Waals surface area contributed by atoms with Crippen LogP contribution in [-0.2, 0) is 16.0 Å². The van der Waals surface area contributed by atoms with Crippen LogP contribution < -0.4 is 10.1 Å². The standard InChI is InChI=1S/C22H21N3O5/c1-14-19(13-23-25(14)17-6-4-3-5-7-17)21(27)24-20(22(28)29)12-16-8-10-18(11-9-16)30-15(2)26/h3-11,13,20H,12H2,1-2H3,(H,24,27)(H,28,29). The van der Waals surface area contributed by atoms with Crippen LogP contribution in [0.3, 0.4) is 0 Å². The first-order valence-corrected chi connectivity index (χ1v) is 9.26. The highest BCUT2D eigenvalue weighted by Gasteiger charge is 2.23. The van der Waals surface area contributed by atoms with Gasteiger partial charge < -0.3 is 15.2 Å². The van der Waals surface area contributed by atoms with E-state index in [1.807, 2.05) is 30.3 Å². The van der Waals surface area contributed by atoms with E-state index < -0.39 is 23.9 Å². The summed E-state index contributed by atoms with van der Waals surface area (Å²) in [5.41, 5.74) is 2.39. The van der Waals surface area contributed by atoms with E-state index in [4.69, 9.17) is 4.74 Å². The summed E-state index contributed by atoms with van der Waals surface area (Å²) in [4.78, 5) is 35.4. The summed E-state index contributed by atoms with van der Waals surface area (Å²) in [6.45, 7) is 3.05. The van der Waals surface area contributed by atoms with Crippen molar-refractivity contribution in [2.24, 2.45) is 0 Å². The number of esters is 1. The van der Waals surface area contributed by atoms with Crippen LogP contribution in [-0.4, -0.2) is 38.8 Å².